The molecule has 1 N–H and O–H groups in total. The largest absolute Gasteiger partial charge is 0.351 e. The molecule has 0 bridgehead atoms. The van der Waals surface area contributed by atoms with E-state index < -0.39 is 16.6 Å². The van der Waals surface area contributed by atoms with Crippen LogP contribution in [0.4, 0.5) is 4.39 Å². The average molecular weight is 355 g/mol. The van der Waals surface area contributed by atoms with E-state index in [2.05, 4.69) is 5.32 Å². The third-order valence-electron chi connectivity index (χ3n) is 1.85. The summed E-state index contributed by atoms with van der Waals surface area (Å²) in [5, 5.41) is 2.59. The fourth-order valence-corrected chi connectivity index (χ4v) is 2.04. The predicted octanol–water partition coefficient (Wildman–Crippen LogP) is 1.54. The minimum Gasteiger partial charge on any atom is -0.351 e. The average Bonchev–Trinajstić information content (AvgIpc) is 2.21. The van der Waals surface area contributed by atoms with Crippen LogP contribution in [0.25, 0.3) is 0 Å². The molecule has 0 radical (unpaired) electrons. The van der Waals surface area contributed by atoms with Crippen LogP contribution in [0, 0.1) is 9.39 Å². The molecule has 0 saturated carbocycles. The van der Waals surface area contributed by atoms with Crippen molar-refractivity contribution in [2.24, 2.45) is 0 Å². The molecule has 1 rings (SSSR count). The molecular formula is C10H11FINO2S. The van der Waals surface area contributed by atoms with Crippen LogP contribution in [0.5, 0.6) is 0 Å². The van der Waals surface area contributed by atoms with Gasteiger partial charge in [-0.15, -0.1) is 0 Å². The van der Waals surface area contributed by atoms with Crippen LogP contribution in [-0.4, -0.2) is 28.7 Å². The lowest BCUT2D eigenvalue weighted by Gasteiger charge is -2.06. The van der Waals surface area contributed by atoms with Crippen LogP contribution in [0.1, 0.15) is 10.4 Å². The van der Waals surface area contributed by atoms with Crippen LogP contribution < -0.4 is 5.32 Å². The van der Waals surface area contributed by atoms with Crippen LogP contribution >= 0.6 is 22.6 Å². The number of halogens is 2. The monoisotopic (exact) mass is 355 g/mol. The molecule has 0 unspecified atom stereocenters. The molecule has 0 aliphatic carbocycles. The molecule has 0 aliphatic rings. The minimum atomic E-state index is -0.939. The van der Waals surface area contributed by atoms with E-state index in [0.29, 0.717) is 21.4 Å². The van der Waals surface area contributed by atoms with Gasteiger partial charge in [-0.25, -0.2) is 4.39 Å². The van der Waals surface area contributed by atoms with Gasteiger partial charge in [0.2, 0.25) is 0 Å². The third-order valence-corrected chi connectivity index (χ3v) is 3.57. The molecule has 0 fully saturated rings. The third kappa shape index (κ3) is 4.17. The van der Waals surface area contributed by atoms with Crippen LogP contribution in [0.2, 0.25) is 0 Å². The topological polar surface area (TPSA) is 46.2 Å². The van der Waals surface area contributed by atoms with Crippen molar-refractivity contribution in [3.63, 3.8) is 0 Å². The molecule has 0 aliphatic heterocycles. The first-order chi connectivity index (χ1) is 7.50. The Morgan fingerprint density at radius 1 is 1.56 bits per heavy atom. The zero-order valence-corrected chi connectivity index (χ0v) is 11.6. The van der Waals surface area contributed by atoms with E-state index in [-0.39, 0.29) is 5.91 Å². The highest BCUT2D eigenvalue weighted by Gasteiger charge is 2.10. The smallest absolute Gasteiger partial charge is 0.252 e. The van der Waals surface area contributed by atoms with Crippen molar-refractivity contribution in [3.8, 4) is 0 Å². The van der Waals surface area contributed by atoms with Gasteiger partial charge in [-0.1, -0.05) is 0 Å². The molecule has 0 aromatic heterocycles. The summed E-state index contributed by atoms with van der Waals surface area (Å²) in [7, 11) is -0.939. The maximum atomic E-state index is 12.9. The Morgan fingerprint density at radius 2 is 2.25 bits per heavy atom. The molecule has 0 spiro atoms. The molecule has 1 atom stereocenters. The normalized spacial score (nSPS) is 12.2. The molecular weight excluding hydrogens is 344 g/mol. The predicted molar refractivity (Wildman–Crippen MR) is 70.4 cm³/mol. The van der Waals surface area contributed by atoms with E-state index in [1.54, 1.807) is 12.3 Å². The minimum absolute atomic E-state index is 0.308. The van der Waals surface area contributed by atoms with Crippen molar-refractivity contribution in [2.45, 2.75) is 0 Å². The number of carbonyl (C=O) groups is 1. The summed E-state index contributed by atoms with van der Waals surface area (Å²) in [4.78, 5) is 11.6. The Morgan fingerprint density at radius 3 is 2.88 bits per heavy atom. The molecule has 6 heteroatoms. The van der Waals surface area contributed by atoms with Gasteiger partial charge in [0.25, 0.3) is 5.91 Å². The van der Waals surface area contributed by atoms with Crippen LogP contribution in [-0.2, 0) is 10.8 Å². The summed E-state index contributed by atoms with van der Waals surface area (Å²) in [5.41, 5.74) is 0.308. The zero-order valence-electron chi connectivity index (χ0n) is 8.63. The molecule has 0 saturated heterocycles. The van der Waals surface area contributed by atoms with E-state index in [0.717, 1.165) is 0 Å². The first kappa shape index (κ1) is 13.6. The maximum Gasteiger partial charge on any atom is 0.252 e. The number of carbonyl (C=O) groups excluding carboxylic acids is 1. The van der Waals surface area contributed by atoms with E-state index in [1.807, 2.05) is 22.6 Å². The van der Waals surface area contributed by atoms with Gasteiger partial charge in [0.05, 0.1) is 5.56 Å². The van der Waals surface area contributed by atoms with E-state index in [1.165, 1.54) is 12.1 Å². The number of hydrogen-bond acceptors (Lipinski definition) is 2. The Balaban J connectivity index is 2.65. The lowest BCUT2D eigenvalue weighted by atomic mass is 10.2. The second-order valence-electron chi connectivity index (χ2n) is 3.16. The van der Waals surface area contributed by atoms with E-state index >= 15 is 0 Å². The Bertz CT molecular complexity index is 425. The highest BCUT2D eigenvalue weighted by Crippen LogP contribution is 2.13. The lowest BCUT2D eigenvalue weighted by molar-refractivity contribution is 0.0955. The highest BCUT2D eigenvalue weighted by atomic mass is 127. The van der Waals surface area contributed by atoms with Crippen molar-refractivity contribution in [1.29, 1.82) is 0 Å². The van der Waals surface area contributed by atoms with Gasteiger partial charge < -0.3 is 5.32 Å². The van der Waals surface area contributed by atoms with Crippen molar-refractivity contribution >= 4 is 39.3 Å². The Hall–Kier alpha value is -0.500. The van der Waals surface area contributed by atoms with Gasteiger partial charge >= 0.3 is 0 Å². The quantitative estimate of drug-likeness (QED) is 0.833. The van der Waals surface area contributed by atoms with Gasteiger partial charge in [-0.3, -0.25) is 9.00 Å². The molecule has 1 aromatic carbocycles. The first-order valence-electron chi connectivity index (χ1n) is 4.54. The van der Waals surface area contributed by atoms with E-state index in [4.69, 9.17) is 0 Å². The SMILES string of the molecule is C[S@](=O)CCNC(=O)c1cc(F)ccc1I. The van der Waals surface area contributed by atoms with Gasteiger partial charge in [-0.2, -0.15) is 0 Å². The van der Waals surface area contributed by atoms with Crippen LogP contribution in [0.3, 0.4) is 0 Å². The van der Waals surface area contributed by atoms with Crippen LogP contribution in [0.15, 0.2) is 18.2 Å². The summed E-state index contributed by atoms with van der Waals surface area (Å²) in [6.07, 6.45) is 1.57. The molecule has 1 amide bonds. The first-order valence-corrected chi connectivity index (χ1v) is 7.34. The number of hydrogen-bond donors (Lipinski definition) is 1. The van der Waals surface area contributed by atoms with Crippen molar-refractivity contribution < 1.29 is 13.4 Å². The molecule has 88 valence electrons. The summed E-state index contributed by atoms with van der Waals surface area (Å²) < 4.78 is 24.4. The standard InChI is InChI=1S/C10H11FINO2S/c1-16(15)5-4-13-10(14)8-6-7(11)2-3-9(8)12/h2-3,6H,4-5H2,1H3,(H,13,14)/t16-/m0/s1. The second kappa shape index (κ2) is 6.29. The van der Waals surface area contributed by atoms with E-state index in [9.17, 15) is 13.4 Å². The number of rotatable bonds is 4. The summed E-state index contributed by atoms with van der Waals surface area (Å²) >= 11 is 1.97. The molecule has 3 nitrogen and oxygen atoms in total. The number of nitrogens with one attached hydrogen (secondary N) is 1. The van der Waals surface area contributed by atoms with Crippen molar-refractivity contribution in [2.75, 3.05) is 18.6 Å². The van der Waals surface area contributed by atoms with Gasteiger partial charge in [0.15, 0.2) is 0 Å². The van der Waals surface area contributed by atoms with Gasteiger partial charge in [0.1, 0.15) is 5.82 Å². The summed E-state index contributed by atoms with van der Waals surface area (Å²) in [6.45, 7) is 0.328. The Kier molecular flexibility index (Phi) is 5.33. The van der Waals surface area contributed by atoms with Gasteiger partial charge in [-0.05, 0) is 40.8 Å². The van der Waals surface area contributed by atoms with Crippen molar-refractivity contribution in [3.05, 3.63) is 33.1 Å². The molecule has 1 aromatic rings. The number of amides is 1. The summed E-state index contributed by atoms with van der Waals surface area (Å²) in [5.74, 6) is -0.378. The fraction of sp³-hybridized carbons (Fsp3) is 0.300. The lowest BCUT2D eigenvalue weighted by Crippen LogP contribution is -2.28. The fourth-order valence-electron chi connectivity index (χ4n) is 1.08. The summed E-state index contributed by atoms with van der Waals surface area (Å²) in [6, 6.07) is 4.04. The number of benzene rings is 1. The molecule has 0 heterocycles. The molecule has 16 heavy (non-hydrogen) atoms. The maximum absolute atomic E-state index is 12.9. The Labute approximate surface area is 109 Å². The van der Waals surface area contributed by atoms with Crippen molar-refractivity contribution in [1.82, 2.24) is 5.32 Å². The second-order valence-corrected chi connectivity index (χ2v) is 5.87. The van der Waals surface area contributed by atoms with Gasteiger partial charge in [0, 0.05) is 32.9 Å². The zero-order chi connectivity index (χ0) is 12.1. The highest BCUT2D eigenvalue weighted by molar-refractivity contribution is 14.1.